The fourth-order valence-electron chi connectivity index (χ4n) is 2.69. The van der Waals surface area contributed by atoms with Crippen molar-refractivity contribution < 1.29 is 14.0 Å². The van der Waals surface area contributed by atoms with Gasteiger partial charge in [-0.25, -0.2) is 4.39 Å². The third-order valence-corrected chi connectivity index (χ3v) is 3.80. The molecule has 0 saturated heterocycles. The Morgan fingerprint density at radius 2 is 2.10 bits per heavy atom. The van der Waals surface area contributed by atoms with Gasteiger partial charge in [-0.05, 0) is 43.5 Å². The van der Waals surface area contributed by atoms with Crippen molar-refractivity contribution in [3.05, 3.63) is 29.6 Å². The highest BCUT2D eigenvalue weighted by Crippen LogP contribution is 2.32. The van der Waals surface area contributed by atoms with Crippen LogP contribution in [0, 0.1) is 17.7 Å². The van der Waals surface area contributed by atoms with Gasteiger partial charge < -0.3 is 16.8 Å². The number of benzene rings is 1. The molecule has 2 amide bonds. The summed E-state index contributed by atoms with van der Waals surface area (Å²) in [5.41, 5.74) is 10.9. The lowest BCUT2D eigenvalue weighted by atomic mass is 9.95. The first-order valence-electron chi connectivity index (χ1n) is 6.63. The number of hydrogen-bond donors (Lipinski definition) is 3. The van der Waals surface area contributed by atoms with Gasteiger partial charge in [0.2, 0.25) is 5.91 Å². The highest BCUT2D eigenvalue weighted by Gasteiger charge is 2.31. The summed E-state index contributed by atoms with van der Waals surface area (Å²) in [6, 6.07) is 3.78. The molecule has 0 aromatic heterocycles. The molecule has 108 valence electrons. The molecule has 0 radical (unpaired) electrons. The van der Waals surface area contributed by atoms with Crippen LogP contribution in [0.5, 0.6) is 0 Å². The summed E-state index contributed by atoms with van der Waals surface area (Å²) in [5, 5.41) is 2.70. The zero-order valence-corrected chi connectivity index (χ0v) is 11.1. The number of primary amides is 1. The lowest BCUT2D eigenvalue weighted by Crippen LogP contribution is -2.29. The number of hydrogen-bond acceptors (Lipinski definition) is 3. The van der Waals surface area contributed by atoms with E-state index in [4.69, 9.17) is 11.5 Å². The standard InChI is InChI=1S/C14H18FN3O2/c15-12-5-4-9(6-11(12)13(17)19)18-14(20)10-3-1-2-8(10)7-16/h4-6,8,10H,1-3,7,16H2,(H2,17,19)(H,18,20). The molecule has 1 aromatic carbocycles. The van der Waals surface area contributed by atoms with Gasteiger partial charge in [-0.15, -0.1) is 0 Å². The summed E-state index contributed by atoms with van der Waals surface area (Å²) >= 11 is 0. The smallest absolute Gasteiger partial charge is 0.251 e. The van der Waals surface area contributed by atoms with E-state index in [9.17, 15) is 14.0 Å². The molecule has 2 rings (SSSR count). The van der Waals surface area contributed by atoms with E-state index in [0.29, 0.717) is 12.2 Å². The Labute approximate surface area is 116 Å². The Balaban J connectivity index is 2.12. The van der Waals surface area contributed by atoms with E-state index in [1.807, 2.05) is 0 Å². The molecular weight excluding hydrogens is 261 g/mol. The van der Waals surface area contributed by atoms with Crippen LogP contribution in [0.4, 0.5) is 10.1 Å². The van der Waals surface area contributed by atoms with Crippen molar-refractivity contribution in [2.45, 2.75) is 19.3 Å². The van der Waals surface area contributed by atoms with Gasteiger partial charge in [-0.3, -0.25) is 9.59 Å². The van der Waals surface area contributed by atoms with E-state index in [-0.39, 0.29) is 23.3 Å². The van der Waals surface area contributed by atoms with Gasteiger partial charge in [-0.1, -0.05) is 6.42 Å². The van der Waals surface area contributed by atoms with Gasteiger partial charge in [0.1, 0.15) is 5.82 Å². The van der Waals surface area contributed by atoms with Gasteiger partial charge in [-0.2, -0.15) is 0 Å². The molecule has 0 bridgehead atoms. The Morgan fingerprint density at radius 3 is 2.75 bits per heavy atom. The molecule has 0 spiro atoms. The Kier molecular flexibility index (Phi) is 4.34. The van der Waals surface area contributed by atoms with E-state index in [2.05, 4.69) is 5.32 Å². The predicted molar refractivity (Wildman–Crippen MR) is 73.4 cm³/mol. The lowest BCUT2D eigenvalue weighted by molar-refractivity contribution is -0.120. The molecule has 5 N–H and O–H groups in total. The molecule has 5 nitrogen and oxygen atoms in total. The van der Waals surface area contributed by atoms with E-state index < -0.39 is 11.7 Å². The second-order valence-corrected chi connectivity index (χ2v) is 5.08. The maximum Gasteiger partial charge on any atom is 0.251 e. The molecule has 6 heteroatoms. The van der Waals surface area contributed by atoms with Crippen molar-refractivity contribution in [3.8, 4) is 0 Å². The summed E-state index contributed by atoms with van der Waals surface area (Å²) in [6.45, 7) is 0.480. The molecule has 1 aromatic rings. The second-order valence-electron chi connectivity index (χ2n) is 5.08. The number of halogens is 1. The van der Waals surface area contributed by atoms with Crippen LogP contribution in [0.2, 0.25) is 0 Å². The minimum absolute atomic E-state index is 0.123. The van der Waals surface area contributed by atoms with Crippen LogP contribution < -0.4 is 16.8 Å². The molecule has 2 unspecified atom stereocenters. The van der Waals surface area contributed by atoms with Crippen molar-refractivity contribution in [1.29, 1.82) is 0 Å². The fraction of sp³-hybridized carbons (Fsp3) is 0.429. The van der Waals surface area contributed by atoms with Crippen LogP contribution in [0.15, 0.2) is 18.2 Å². The fourth-order valence-corrected chi connectivity index (χ4v) is 2.69. The molecular formula is C14H18FN3O2. The van der Waals surface area contributed by atoms with Crippen LogP contribution in [-0.2, 0) is 4.79 Å². The van der Waals surface area contributed by atoms with Gasteiger partial charge in [0, 0.05) is 11.6 Å². The minimum atomic E-state index is -0.862. The van der Waals surface area contributed by atoms with E-state index in [1.165, 1.54) is 12.1 Å². The summed E-state index contributed by atoms with van der Waals surface area (Å²) < 4.78 is 13.3. The van der Waals surface area contributed by atoms with Gasteiger partial charge in [0.15, 0.2) is 0 Å². The Morgan fingerprint density at radius 1 is 1.35 bits per heavy atom. The summed E-state index contributed by atoms with van der Waals surface area (Å²) in [6.07, 6.45) is 2.73. The van der Waals surface area contributed by atoms with Crippen LogP contribution in [0.3, 0.4) is 0 Å². The summed E-state index contributed by atoms with van der Waals surface area (Å²) in [5.74, 6) is -1.64. The molecule has 0 aliphatic heterocycles. The van der Waals surface area contributed by atoms with Crippen molar-refractivity contribution in [3.63, 3.8) is 0 Å². The minimum Gasteiger partial charge on any atom is -0.366 e. The monoisotopic (exact) mass is 279 g/mol. The lowest BCUT2D eigenvalue weighted by Gasteiger charge is -2.17. The highest BCUT2D eigenvalue weighted by atomic mass is 19.1. The summed E-state index contributed by atoms with van der Waals surface area (Å²) in [4.78, 5) is 23.2. The quantitative estimate of drug-likeness (QED) is 0.773. The van der Waals surface area contributed by atoms with Crippen molar-refractivity contribution in [2.75, 3.05) is 11.9 Å². The first kappa shape index (κ1) is 14.5. The third kappa shape index (κ3) is 2.96. The van der Waals surface area contributed by atoms with E-state index >= 15 is 0 Å². The number of carbonyl (C=O) groups excluding carboxylic acids is 2. The van der Waals surface area contributed by atoms with E-state index in [0.717, 1.165) is 25.3 Å². The number of nitrogens with two attached hydrogens (primary N) is 2. The molecule has 0 heterocycles. The maximum absolute atomic E-state index is 13.3. The largest absolute Gasteiger partial charge is 0.366 e. The normalized spacial score (nSPS) is 21.7. The molecule has 1 aliphatic carbocycles. The summed E-state index contributed by atoms with van der Waals surface area (Å²) in [7, 11) is 0. The Hall–Kier alpha value is -1.95. The number of amides is 2. The molecule has 1 fully saturated rings. The van der Waals surface area contributed by atoms with Gasteiger partial charge >= 0.3 is 0 Å². The average Bonchev–Trinajstić information content (AvgIpc) is 2.89. The van der Waals surface area contributed by atoms with Crippen molar-refractivity contribution in [2.24, 2.45) is 23.3 Å². The topological polar surface area (TPSA) is 98.2 Å². The molecule has 1 saturated carbocycles. The number of carbonyl (C=O) groups is 2. The third-order valence-electron chi connectivity index (χ3n) is 3.80. The predicted octanol–water partition coefficient (Wildman–Crippen LogP) is 1.24. The van der Waals surface area contributed by atoms with Crippen molar-refractivity contribution >= 4 is 17.5 Å². The van der Waals surface area contributed by atoms with Crippen LogP contribution in [0.25, 0.3) is 0 Å². The Bertz CT molecular complexity index is 533. The van der Waals surface area contributed by atoms with Crippen LogP contribution in [0.1, 0.15) is 29.6 Å². The first-order valence-corrected chi connectivity index (χ1v) is 6.63. The van der Waals surface area contributed by atoms with E-state index in [1.54, 1.807) is 0 Å². The van der Waals surface area contributed by atoms with Crippen LogP contribution in [-0.4, -0.2) is 18.4 Å². The number of rotatable bonds is 4. The van der Waals surface area contributed by atoms with Gasteiger partial charge in [0.05, 0.1) is 5.56 Å². The zero-order chi connectivity index (χ0) is 14.7. The van der Waals surface area contributed by atoms with Crippen molar-refractivity contribution in [1.82, 2.24) is 0 Å². The zero-order valence-electron chi connectivity index (χ0n) is 11.1. The average molecular weight is 279 g/mol. The molecule has 2 atom stereocenters. The van der Waals surface area contributed by atoms with Gasteiger partial charge in [0.25, 0.3) is 5.91 Å². The SMILES string of the molecule is NCC1CCCC1C(=O)Nc1ccc(F)c(C(N)=O)c1. The molecule has 20 heavy (non-hydrogen) atoms. The molecule has 1 aliphatic rings. The number of nitrogens with one attached hydrogen (secondary N) is 1. The van der Waals surface area contributed by atoms with Crippen LogP contribution >= 0.6 is 0 Å². The highest BCUT2D eigenvalue weighted by molar-refractivity contribution is 5.97. The second kappa shape index (κ2) is 6.00. The first-order chi connectivity index (χ1) is 9.52. The number of anilines is 1. The maximum atomic E-state index is 13.3.